The van der Waals surface area contributed by atoms with Crippen LogP contribution in [-0.2, 0) is 11.2 Å². The van der Waals surface area contributed by atoms with E-state index in [1.807, 2.05) is 32.0 Å². The third-order valence-electron chi connectivity index (χ3n) is 2.96. The predicted octanol–water partition coefficient (Wildman–Crippen LogP) is 2.47. The molecule has 1 rings (SSSR count). The first-order chi connectivity index (χ1) is 8.56. The van der Waals surface area contributed by atoms with Crippen molar-refractivity contribution in [2.45, 2.75) is 39.2 Å². The van der Waals surface area contributed by atoms with Crippen LogP contribution in [0.3, 0.4) is 0 Å². The molecule has 1 atom stereocenters. The van der Waals surface area contributed by atoms with Crippen LogP contribution in [0.4, 0.5) is 0 Å². The summed E-state index contributed by atoms with van der Waals surface area (Å²) in [7, 11) is 0. The second-order valence-corrected chi connectivity index (χ2v) is 4.85. The molecule has 100 valence electrons. The number of benzene rings is 1. The molecule has 1 amide bonds. The summed E-state index contributed by atoms with van der Waals surface area (Å²) in [6, 6.07) is 5.70. The zero-order valence-electron chi connectivity index (χ0n) is 10.9. The van der Waals surface area contributed by atoms with Gasteiger partial charge in [-0.3, -0.25) is 4.79 Å². The smallest absolute Gasteiger partial charge is 0.220 e. The minimum atomic E-state index is -0.140. The van der Waals surface area contributed by atoms with E-state index in [-0.39, 0.29) is 18.6 Å². The number of halogens is 1. The van der Waals surface area contributed by atoms with E-state index in [9.17, 15) is 4.79 Å². The molecule has 1 unspecified atom stereocenters. The van der Waals surface area contributed by atoms with Crippen LogP contribution in [0.15, 0.2) is 18.2 Å². The highest BCUT2D eigenvalue weighted by Gasteiger charge is 2.09. The van der Waals surface area contributed by atoms with Crippen LogP contribution in [0.1, 0.15) is 30.9 Å². The van der Waals surface area contributed by atoms with Gasteiger partial charge in [0, 0.05) is 11.4 Å². The number of aryl methyl sites for hydroxylation is 2. The first-order valence-electron chi connectivity index (χ1n) is 6.22. The number of carbonyl (C=O) groups excluding carboxylic acids is 1. The molecule has 0 radical (unpaired) electrons. The van der Waals surface area contributed by atoms with Gasteiger partial charge in [0.1, 0.15) is 0 Å². The van der Waals surface area contributed by atoms with E-state index in [0.717, 1.165) is 22.6 Å². The minimum Gasteiger partial charge on any atom is -0.394 e. The molecule has 18 heavy (non-hydrogen) atoms. The van der Waals surface area contributed by atoms with Crippen molar-refractivity contribution in [1.29, 1.82) is 0 Å². The van der Waals surface area contributed by atoms with Gasteiger partial charge >= 0.3 is 0 Å². The topological polar surface area (TPSA) is 49.3 Å². The van der Waals surface area contributed by atoms with Gasteiger partial charge in [0.15, 0.2) is 0 Å². The van der Waals surface area contributed by atoms with Gasteiger partial charge in [-0.25, -0.2) is 0 Å². The molecule has 0 aliphatic rings. The summed E-state index contributed by atoms with van der Waals surface area (Å²) >= 11 is 6.02. The Labute approximate surface area is 113 Å². The second-order valence-electron chi connectivity index (χ2n) is 4.44. The van der Waals surface area contributed by atoms with Gasteiger partial charge in [0.2, 0.25) is 5.91 Å². The summed E-state index contributed by atoms with van der Waals surface area (Å²) in [6.45, 7) is 3.87. The lowest BCUT2D eigenvalue weighted by Crippen LogP contribution is -2.37. The Morgan fingerprint density at radius 1 is 1.50 bits per heavy atom. The molecule has 0 aromatic heterocycles. The van der Waals surface area contributed by atoms with Crippen molar-refractivity contribution in [2.75, 3.05) is 6.61 Å². The van der Waals surface area contributed by atoms with Crippen LogP contribution in [-0.4, -0.2) is 23.7 Å². The summed E-state index contributed by atoms with van der Waals surface area (Å²) in [4.78, 5) is 11.6. The maximum Gasteiger partial charge on any atom is 0.220 e. The Balaban J connectivity index is 2.44. The molecule has 0 spiro atoms. The summed E-state index contributed by atoms with van der Waals surface area (Å²) in [5, 5.41) is 12.5. The van der Waals surface area contributed by atoms with Crippen LogP contribution >= 0.6 is 11.6 Å². The molecule has 0 aliphatic carbocycles. The van der Waals surface area contributed by atoms with Crippen molar-refractivity contribution in [1.82, 2.24) is 5.32 Å². The lowest BCUT2D eigenvalue weighted by Gasteiger charge is -2.13. The fourth-order valence-corrected chi connectivity index (χ4v) is 1.83. The number of carbonyl (C=O) groups is 1. The number of aliphatic hydroxyl groups is 1. The Morgan fingerprint density at radius 2 is 2.22 bits per heavy atom. The van der Waals surface area contributed by atoms with Gasteiger partial charge in [-0.15, -0.1) is 0 Å². The number of rotatable bonds is 6. The summed E-state index contributed by atoms with van der Waals surface area (Å²) in [5.74, 6) is -0.0346. The predicted molar refractivity (Wildman–Crippen MR) is 73.8 cm³/mol. The van der Waals surface area contributed by atoms with Crippen molar-refractivity contribution in [3.63, 3.8) is 0 Å². The average molecular weight is 270 g/mol. The zero-order chi connectivity index (χ0) is 13.5. The Morgan fingerprint density at radius 3 is 2.78 bits per heavy atom. The van der Waals surface area contributed by atoms with Crippen LogP contribution < -0.4 is 5.32 Å². The highest BCUT2D eigenvalue weighted by Crippen LogP contribution is 2.17. The average Bonchev–Trinajstić information content (AvgIpc) is 2.37. The first kappa shape index (κ1) is 15.0. The summed E-state index contributed by atoms with van der Waals surface area (Å²) < 4.78 is 0. The third kappa shape index (κ3) is 4.67. The molecule has 0 aliphatic heterocycles. The second kappa shape index (κ2) is 7.39. The number of aliphatic hydroxyl groups excluding tert-OH is 1. The van der Waals surface area contributed by atoms with Gasteiger partial charge in [-0.2, -0.15) is 0 Å². The standard InChI is InChI=1S/C14H20ClNO2/c1-3-12(9-17)16-14(18)7-6-11-5-4-10(2)13(15)8-11/h4-5,8,12,17H,3,6-7,9H2,1-2H3,(H,16,18). The van der Waals surface area contributed by atoms with Crippen molar-refractivity contribution < 1.29 is 9.90 Å². The molecule has 0 heterocycles. The van der Waals surface area contributed by atoms with E-state index in [1.54, 1.807) is 0 Å². The normalized spacial score (nSPS) is 12.2. The van der Waals surface area contributed by atoms with Crippen molar-refractivity contribution in [2.24, 2.45) is 0 Å². The highest BCUT2D eigenvalue weighted by atomic mass is 35.5. The largest absolute Gasteiger partial charge is 0.394 e. The summed E-state index contributed by atoms with van der Waals surface area (Å²) in [6.07, 6.45) is 1.81. The number of nitrogens with one attached hydrogen (secondary N) is 1. The third-order valence-corrected chi connectivity index (χ3v) is 3.36. The van der Waals surface area contributed by atoms with Crippen LogP contribution in [0.2, 0.25) is 5.02 Å². The van der Waals surface area contributed by atoms with E-state index in [0.29, 0.717) is 12.8 Å². The summed E-state index contributed by atoms with van der Waals surface area (Å²) in [5.41, 5.74) is 2.09. The van der Waals surface area contributed by atoms with Crippen molar-refractivity contribution >= 4 is 17.5 Å². The molecule has 0 fully saturated rings. The van der Waals surface area contributed by atoms with E-state index < -0.39 is 0 Å². The van der Waals surface area contributed by atoms with Crippen LogP contribution in [0.5, 0.6) is 0 Å². The van der Waals surface area contributed by atoms with E-state index >= 15 is 0 Å². The fraction of sp³-hybridized carbons (Fsp3) is 0.500. The van der Waals surface area contributed by atoms with Gasteiger partial charge in [-0.1, -0.05) is 30.7 Å². The number of hydrogen-bond donors (Lipinski definition) is 2. The zero-order valence-corrected chi connectivity index (χ0v) is 11.6. The van der Waals surface area contributed by atoms with Gasteiger partial charge < -0.3 is 10.4 Å². The van der Waals surface area contributed by atoms with Gasteiger partial charge in [0.05, 0.1) is 12.6 Å². The lowest BCUT2D eigenvalue weighted by atomic mass is 10.1. The van der Waals surface area contributed by atoms with Crippen LogP contribution in [0.25, 0.3) is 0 Å². The van der Waals surface area contributed by atoms with Crippen LogP contribution in [0, 0.1) is 6.92 Å². The maximum absolute atomic E-state index is 11.6. The molecule has 1 aromatic carbocycles. The number of hydrogen-bond acceptors (Lipinski definition) is 2. The quantitative estimate of drug-likeness (QED) is 0.834. The monoisotopic (exact) mass is 269 g/mol. The molecule has 0 saturated carbocycles. The Bertz CT molecular complexity index is 403. The minimum absolute atomic E-state index is 0.0153. The molecule has 4 heteroatoms. The molecule has 0 bridgehead atoms. The SMILES string of the molecule is CCC(CO)NC(=O)CCc1ccc(C)c(Cl)c1. The first-order valence-corrected chi connectivity index (χ1v) is 6.59. The van der Waals surface area contributed by atoms with E-state index in [1.165, 1.54) is 0 Å². The Kier molecular flexibility index (Phi) is 6.16. The van der Waals surface area contributed by atoms with Gasteiger partial charge in [-0.05, 0) is 37.0 Å². The van der Waals surface area contributed by atoms with Crippen molar-refractivity contribution in [3.05, 3.63) is 34.3 Å². The number of amides is 1. The molecule has 2 N–H and O–H groups in total. The molecular formula is C14H20ClNO2. The maximum atomic E-state index is 11.6. The van der Waals surface area contributed by atoms with Gasteiger partial charge in [0.25, 0.3) is 0 Å². The fourth-order valence-electron chi connectivity index (χ4n) is 1.63. The molecule has 1 aromatic rings. The molecular weight excluding hydrogens is 250 g/mol. The van der Waals surface area contributed by atoms with E-state index in [4.69, 9.17) is 16.7 Å². The lowest BCUT2D eigenvalue weighted by molar-refractivity contribution is -0.122. The molecule has 3 nitrogen and oxygen atoms in total. The van der Waals surface area contributed by atoms with E-state index in [2.05, 4.69) is 5.32 Å². The Hall–Kier alpha value is -1.06. The van der Waals surface area contributed by atoms with Crippen molar-refractivity contribution in [3.8, 4) is 0 Å². The highest BCUT2D eigenvalue weighted by molar-refractivity contribution is 6.31. The molecule has 0 saturated heterocycles.